The molecule has 3 rings (SSSR count). The molecule has 5 atom stereocenters. The molecule has 1 aliphatic heterocycles. The molecule has 1 amide bonds. The minimum absolute atomic E-state index is 0.0167. The molecule has 1 saturated heterocycles. The fourth-order valence-corrected chi connectivity index (χ4v) is 7.66. The molecule has 7 nitrogen and oxygen atoms in total. The molecule has 1 heterocycles. The van der Waals surface area contributed by atoms with E-state index in [4.69, 9.17) is 23.2 Å². The number of carboxylic acids is 1. The fourth-order valence-electron chi connectivity index (χ4n) is 5.49. The number of nitriles is 1. The van der Waals surface area contributed by atoms with Crippen molar-refractivity contribution in [2.24, 2.45) is 15.7 Å². The largest absolute Gasteiger partial charge is 0.481 e. The molecule has 0 radical (unpaired) electrons. The third-order valence-electron chi connectivity index (χ3n) is 7.60. The molecule has 0 aliphatic carbocycles. The van der Waals surface area contributed by atoms with Gasteiger partial charge in [-0.2, -0.15) is 5.26 Å². The molecular weight excluding hydrogens is 557 g/mol. The summed E-state index contributed by atoms with van der Waals surface area (Å²) in [4.78, 5) is 28.2. The number of carboxylic acid groups (broad SMARTS) is 1. The van der Waals surface area contributed by atoms with Gasteiger partial charge in [0.25, 0.3) is 0 Å². The second-order valence-corrected chi connectivity index (χ2v) is 14.8. The summed E-state index contributed by atoms with van der Waals surface area (Å²) in [6.45, 7) is 9.04. The van der Waals surface area contributed by atoms with Gasteiger partial charge < -0.3 is 10.0 Å². The summed E-state index contributed by atoms with van der Waals surface area (Å²) in [6, 6.07) is 13.5. The maximum absolute atomic E-state index is 14.5. The summed E-state index contributed by atoms with van der Waals surface area (Å²) in [7, 11) is -3.02. The lowest BCUT2D eigenvalue weighted by Gasteiger charge is -2.53. The van der Waals surface area contributed by atoms with Gasteiger partial charge in [-0.15, -0.1) is 4.36 Å². The quantitative estimate of drug-likeness (QED) is 0.318. The molecule has 2 aromatic carbocycles. The number of piperidine rings is 1. The molecular formula is C29H35Cl2N3O4S. The fraction of sp³-hybridized carbons (Fsp3) is 0.483. The molecule has 2 unspecified atom stereocenters. The second-order valence-electron chi connectivity index (χ2n) is 11.1. The maximum Gasteiger partial charge on any atom is 0.304 e. The van der Waals surface area contributed by atoms with E-state index >= 15 is 0 Å². The van der Waals surface area contributed by atoms with E-state index in [1.54, 1.807) is 50.1 Å². The molecule has 1 fully saturated rings. The Morgan fingerprint density at radius 1 is 1.15 bits per heavy atom. The molecule has 0 bridgehead atoms. The number of nitrogens with zero attached hydrogens (tertiary/aromatic N) is 3. The van der Waals surface area contributed by atoms with E-state index in [0.717, 1.165) is 11.1 Å². The van der Waals surface area contributed by atoms with Crippen molar-refractivity contribution in [3.8, 4) is 6.19 Å². The third kappa shape index (κ3) is 6.77. The highest BCUT2D eigenvalue weighted by atomic mass is 35.5. The first-order chi connectivity index (χ1) is 18.2. The van der Waals surface area contributed by atoms with Crippen molar-refractivity contribution in [3.63, 3.8) is 0 Å². The van der Waals surface area contributed by atoms with Crippen molar-refractivity contribution in [3.05, 3.63) is 69.7 Å². The number of aliphatic carboxylic acids is 1. The summed E-state index contributed by atoms with van der Waals surface area (Å²) >= 11 is 12.6. The lowest BCUT2D eigenvalue weighted by Crippen LogP contribution is -2.59. The zero-order valence-corrected chi connectivity index (χ0v) is 25.1. The van der Waals surface area contributed by atoms with E-state index in [1.807, 2.05) is 44.2 Å². The Balaban J connectivity index is 2.34. The predicted octanol–water partition coefficient (Wildman–Crippen LogP) is 6.91. The van der Waals surface area contributed by atoms with Gasteiger partial charge in [0.05, 0.1) is 33.4 Å². The Bertz CT molecular complexity index is 1380. The topological polar surface area (TPSA) is 111 Å². The lowest BCUT2D eigenvalue weighted by molar-refractivity contribution is -0.161. The van der Waals surface area contributed by atoms with Crippen molar-refractivity contribution in [1.29, 1.82) is 5.26 Å². The number of hydrogen-bond acceptors (Lipinski definition) is 5. The van der Waals surface area contributed by atoms with Crippen LogP contribution >= 0.6 is 23.2 Å². The molecule has 1 aliphatic rings. The van der Waals surface area contributed by atoms with Crippen LogP contribution < -0.4 is 0 Å². The molecule has 2 aromatic rings. The van der Waals surface area contributed by atoms with Crippen molar-refractivity contribution < 1.29 is 18.9 Å². The summed E-state index contributed by atoms with van der Waals surface area (Å²) < 4.78 is 17.8. The summed E-state index contributed by atoms with van der Waals surface area (Å²) in [5, 5.41) is 19.8. The Morgan fingerprint density at radius 3 is 2.31 bits per heavy atom. The standard InChI is InChI=1S/C29H35Cl2N3O4S/c1-18(2)25(16-39(38,19(3)4)33-17-32)34-27(20-9-11-22(30)12-10-20)24(21-7-6-8-23(31)13-21)14-29(5,28(34)37)15-26(35)36/h6-13,18-19,24-25,27H,14-16H2,1-5H3,(H,35,36)/t24-,25?,27-,29-,39?/m1/s1. The van der Waals surface area contributed by atoms with Gasteiger partial charge in [-0.1, -0.05) is 82.1 Å². The van der Waals surface area contributed by atoms with Gasteiger partial charge in [-0.05, 0) is 47.7 Å². The van der Waals surface area contributed by atoms with Gasteiger partial charge in [-0.3, -0.25) is 9.59 Å². The van der Waals surface area contributed by atoms with Gasteiger partial charge in [-0.25, -0.2) is 4.21 Å². The van der Waals surface area contributed by atoms with E-state index in [1.165, 1.54) is 0 Å². The van der Waals surface area contributed by atoms with Gasteiger partial charge in [0.1, 0.15) is 0 Å². The van der Waals surface area contributed by atoms with Crippen LogP contribution in [0.15, 0.2) is 52.9 Å². The highest BCUT2D eigenvalue weighted by molar-refractivity contribution is 7.94. The van der Waals surface area contributed by atoms with Gasteiger partial charge in [0.2, 0.25) is 12.1 Å². The van der Waals surface area contributed by atoms with Crippen molar-refractivity contribution >= 4 is 44.8 Å². The number of amides is 1. The van der Waals surface area contributed by atoms with Crippen LogP contribution in [-0.2, 0) is 19.3 Å². The summed E-state index contributed by atoms with van der Waals surface area (Å²) in [6.07, 6.45) is 1.63. The van der Waals surface area contributed by atoms with Crippen LogP contribution in [0.4, 0.5) is 0 Å². The first kappa shape index (κ1) is 30.9. The predicted molar refractivity (Wildman–Crippen MR) is 155 cm³/mol. The zero-order valence-electron chi connectivity index (χ0n) is 22.8. The number of benzene rings is 2. The molecule has 0 saturated carbocycles. The highest BCUT2D eigenvalue weighted by Gasteiger charge is 2.53. The van der Waals surface area contributed by atoms with E-state index in [0.29, 0.717) is 10.0 Å². The van der Waals surface area contributed by atoms with Crippen molar-refractivity contribution in [1.82, 2.24) is 4.90 Å². The van der Waals surface area contributed by atoms with E-state index in [2.05, 4.69) is 4.36 Å². The van der Waals surface area contributed by atoms with Crippen LogP contribution in [0, 0.1) is 22.8 Å². The lowest BCUT2D eigenvalue weighted by atomic mass is 9.66. The zero-order chi connectivity index (χ0) is 29.1. The van der Waals surface area contributed by atoms with E-state index in [-0.39, 0.29) is 36.3 Å². The van der Waals surface area contributed by atoms with Crippen LogP contribution in [0.25, 0.3) is 0 Å². The number of halogens is 2. The molecule has 210 valence electrons. The molecule has 1 N–H and O–H groups in total. The average Bonchev–Trinajstić information content (AvgIpc) is 2.84. The number of carbonyl (C=O) groups is 2. The third-order valence-corrected chi connectivity index (χ3v) is 10.8. The Morgan fingerprint density at radius 2 is 1.79 bits per heavy atom. The second kappa shape index (κ2) is 12.3. The summed E-state index contributed by atoms with van der Waals surface area (Å²) in [5.74, 6) is -1.92. The van der Waals surface area contributed by atoms with Gasteiger partial charge >= 0.3 is 5.97 Å². The molecule has 39 heavy (non-hydrogen) atoms. The van der Waals surface area contributed by atoms with E-state index < -0.39 is 38.4 Å². The van der Waals surface area contributed by atoms with Crippen LogP contribution in [0.3, 0.4) is 0 Å². The first-order valence-electron chi connectivity index (χ1n) is 12.9. The normalized spacial score (nSPS) is 23.8. The Labute approximate surface area is 241 Å². The Hall–Kier alpha value is -2.60. The monoisotopic (exact) mass is 591 g/mol. The number of carbonyl (C=O) groups excluding carboxylic acids is 1. The minimum atomic E-state index is -3.02. The summed E-state index contributed by atoms with van der Waals surface area (Å²) in [5.41, 5.74) is 0.444. The Kier molecular flexibility index (Phi) is 9.74. The SMILES string of the molecule is CC(C)C(CS(=O)(=NC#N)C(C)C)N1C(=O)[C@@](C)(CC(=O)O)C[C@H](c2cccc(Cl)c2)[C@H]1c1ccc(Cl)cc1. The van der Waals surface area contributed by atoms with E-state index in [9.17, 15) is 24.2 Å². The molecule has 0 aromatic heterocycles. The van der Waals surface area contributed by atoms with Crippen LogP contribution in [-0.4, -0.2) is 43.1 Å². The number of rotatable bonds is 9. The van der Waals surface area contributed by atoms with Gasteiger partial charge in [0.15, 0.2) is 0 Å². The minimum Gasteiger partial charge on any atom is -0.481 e. The number of hydrogen-bond donors (Lipinski definition) is 1. The maximum atomic E-state index is 14.5. The highest BCUT2D eigenvalue weighted by Crippen LogP contribution is 2.52. The van der Waals surface area contributed by atoms with Crippen LogP contribution in [0.2, 0.25) is 10.0 Å². The molecule has 0 spiro atoms. The van der Waals surface area contributed by atoms with Crippen molar-refractivity contribution in [2.75, 3.05) is 5.75 Å². The van der Waals surface area contributed by atoms with Crippen LogP contribution in [0.5, 0.6) is 0 Å². The van der Waals surface area contributed by atoms with Crippen molar-refractivity contribution in [2.45, 2.75) is 70.7 Å². The van der Waals surface area contributed by atoms with Gasteiger partial charge in [0, 0.05) is 27.3 Å². The smallest absolute Gasteiger partial charge is 0.304 e. The van der Waals surface area contributed by atoms with Crippen LogP contribution in [0.1, 0.15) is 70.5 Å². The molecule has 10 heteroatoms. The number of likely N-dealkylation sites (tertiary alicyclic amines) is 1. The first-order valence-corrected chi connectivity index (χ1v) is 15.4. The average molecular weight is 593 g/mol.